The molecule has 0 saturated heterocycles. The van der Waals surface area contributed by atoms with Crippen LogP contribution in [0, 0.1) is 0 Å². The van der Waals surface area contributed by atoms with Crippen molar-refractivity contribution in [3.63, 3.8) is 0 Å². The Bertz CT molecular complexity index is 342. The number of benzene rings is 1. The lowest BCUT2D eigenvalue weighted by molar-refractivity contribution is 0.271. The molecule has 1 aromatic rings. The Balaban J connectivity index is 2.86. The predicted molar refractivity (Wildman–Crippen MR) is 66.4 cm³/mol. The van der Waals surface area contributed by atoms with Gasteiger partial charge < -0.3 is 15.2 Å². The minimum atomic E-state index is -0.377. The van der Waals surface area contributed by atoms with Gasteiger partial charge in [-0.15, -0.1) is 0 Å². The molecule has 2 N–H and O–H groups in total. The van der Waals surface area contributed by atoms with E-state index in [1.807, 2.05) is 25.1 Å². The standard InChI is InChI=1S/C13H20FNO2/c1-10(15)9-11-5-3-6-12(16-2)13(11)17-8-4-7-14/h3,5-6,10H,4,7-9,15H2,1-2H3. The van der Waals surface area contributed by atoms with Gasteiger partial charge in [-0.3, -0.25) is 4.39 Å². The quantitative estimate of drug-likeness (QED) is 0.745. The van der Waals surface area contributed by atoms with E-state index in [0.29, 0.717) is 30.9 Å². The molecule has 0 radical (unpaired) electrons. The first-order valence-corrected chi connectivity index (χ1v) is 5.79. The highest BCUT2D eigenvalue weighted by Crippen LogP contribution is 2.31. The normalized spacial score (nSPS) is 12.2. The van der Waals surface area contributed by atoms with Gasteiger partial charge in [-0.1, -0.05) is 12.1 Å². The number of methoxy groups -OCH3 is 1. The van der Waals surface area contributed by atoms with E-state index in [1.165, 1.54) is 0 Å². The highest BCUT2D eigenvalue weighted by Gasteiger charge is 2.11. The van der Waals surface area contributed by atoms with Crippen molar-refractivity contribution < 1.29 is 13.9 Å². The van der Waals surface area contributed by atoms with Crippen LogP contribution in [0.2, 0.25) is 0 Å². The topological polar surface area (TPSA) is 44.5 Å². The molecule has 0 aliphatic carbocycles. The van der Waals surface area contributed by atoms with Gasteiger partial charge in [0, 0.05) is 12.5 Å². The molecular weight excluding hydrogens is 221 g/mol. The van der Waals surface area contributed by atoms with Gasteiger partial charge in [0.2, 0.25) is 0 Å². The predicted octanol–water partition coefficient (Wildman–Crippen LogP) is 2.32. The molecule has 0 bridgehead atoms. The minimum Gasteiger partial charge on any atom is -0.493 e. The Kier molecular flexibility index (Phi) is 5.77. The molecule has 1 rings (SSSR count). The van der Waals surface area contributed by atoms with Crippen LogP contribution in [0.15, 0.2) is 18.2 Å². The number of nitrogens with two attached hydrogens (primary N) is 1. The number of ether oxygens (including phenoxy) is 2. The largest absolute Gasteiger partial charge is 0.493 e. The van der Waals surface area contributed by atoms with Crippen molar-refractivity contribution in [3.05, 3.63) is 23.8 Å². The second-order valence-corrected chi connectivity index (χ2v) is 4.02. The summed E-state index contributed by atoms with van der Waals surface area (Å²) in [6.45, 7) is 1.91. The lowest BCUT2D eigenvalue weighted by Gasteiger charge is -2.15. The van der Waals surface area contributed by atoms with Crippen LogP contribution in [0.25, 0.3) is 0 Å². The summed E-state index contributed by atoms with van der Waals surface area (Å²) in [6.07, 6.45) is 1.10. The van der Waals surface area contributed by atoms with E-state index < -0.39 is 0 Å². The van der Waals surface area contributed by atoms with Crippen LogP contribution in [-0.4, -0.2) is 26.4 Å². The Labute approximate surface area is 102 Å². The fourth-order valence-corrected chi connectivity index (χ4v) is 1.62. The van der Waals surface area contributed by atoms with Gasteiger partial charge >= 0.3 is 0 Å². The average Bonchev–Trinajstić information content (AvgIpc) is 2.30. The van der Waals surface area contributed by atoms with Gasteiger partial charge in [0.1, 0.15) is 0 Å². The molecule has 0 amide bonds. The zero-order chi connectivity index (χ0) is 12.7. The molecule has 0 saturated carbocycles. The van der Waals surface area contributed by atoms with Gasteiger partial charge in [0.05, 0.1) is 20.4 Å². The monoisotopic (exact) mass is 241 g/mol. The number of halogens is 1. The van der Waals surface area contributed by atoms with Crippen LogP contribution in [0.1, 0.15) is 18.9 Å². The number of rotatable bonds is 7. The summed E-state index contributed by atoms with van der Waals surface area (Å²) in [7, 11) is 1.59. The van der Waals surface area contributed by atoms with E-state index in [2.05, 4.69) is 0 Å². The van der Waals surface area contributed by atoms with E-state index in [0.717, 1.165) is 5.56 Å². The van der Waals surface area contributed by atoms with Crippen LogP contribution in [0.4, 0.5) is 4.39 Å². The molecule has 1 aromatic carbocycles. The summed E-state index contributed by atoms with van der Waals surface area (Å²) < 4.78 is 22.9. The van der Waals surface area contributed by atoms with Gasteiger partial charge in [-0.2, -0.15) is 0 Å². The maximum atomic E-state index is 12.1. The van der Waals surface area contributed by atoms with Crippen molar-refractivity contribution in [2.75, 3.05) is 20.4 Å². The van der Waals surface area contributed by atoms with Gasteiger partial charge in [-0.05, 0) is 25.0 Å². The van der Waals surface area contributed by atoms with Crippen molar-refractivity contribution in [2.45, 2.75) is 25.8 Å². The number of para-hydroxylation sites is 1. The van der Waals surface area contributed by atoms with Crippen molar-refractivity contribution in [2.24, 2.45) is 5.73 Å². The minimum absolute atomic E-state index is 0.0469. The second kappa shape index (κ2) is 7.12. The van der Waals surface area contributed by atoms with Crippen LogP contribution < -0.4 is 15.2 Å². The lowest BCUT2D eigenvalue weighted by Crippen LogP contribution is -2.18. The number of alkyl halides is 1. The molecule has 0 aliphatic heterocycles. The van der Waals surface area contributed by atoms with Gasteiger partial charge in [-0.25, -0.2) is 0 Å². The third-order valence-electron chi connectivity index (χ3n) is 2.35. The Morgan fingerprint density at radius 3 is 2.76 bits per heavy atom. The number of hydrogen-bond acceptors (Lipinski definition) is 3. The first-order chi connectivity index (χ1) is 8.19. The smallest absolute Gasteiger partial charge is 0.164 e. The van der Waals surface area contributed by atoms with E-state index in [4.69, 9.17) is 15.2 Å². The van der Waals surface area contributed by atoms with Crippen LogP contribution >= 0.6 is 0 Å². The molecule has 0 aromatic heterocycles. The SMILES string of the molecule is COc1cccc(CC(C)N)c1OCCCF. The van der Waals surface area contributed by atoms with E-state index in [9.17, 15) is 4.39 Å². The Morgan fingerprint density at radius 1 is 1.41 bits per heavy atom. The summed E-state index contributed by atoms with van der Waals surface area (Å²) >= 11 is 0. The third kappa shape index (κ3) is 4.23. The second-order valence-electron chi connectivity index (χ2n) is 4.02. The van der Waals surface area contributed by atoms with Crippen molar-refractivity contribution in [1.29, 1.82) is 0 Å². The third-order valence-corrected chi connectivity index (χ3v) is 2.35. The summed E-state index contributed by atoms with van der Waals surface area (Å²) in [4.78, 5) is 0. The summed E-state index contributed by atoms with van der Waals surface area (Å²) in [5.74, 6) is 1.35. The van der Waals surface area contributed by atoms with Crippen LogP contribution in [0.5, 0.6) is 11.5 Å². The lowest BCUT2D eigenvalue weighted by atomic mass is 10.1. The maximum absolute atomic E-state index is 12.1. The fourth-order valence-electron chi connectivity index (χ4n) is 1.62. The zero-order valence-electron chi connectivity index (χ0n) is 10.4. The molecule has 17 heavy (non-hydrogen) atoms. The zero-order valence-corrected chi connectivity index (χ0v) is 10.4. The fraction of sp³-hybridized carbons (Fsp3) is 0.538. The molecule has 0 spiro atoms. The van der Waals surface area contributed by atoms with Gasteiger partial charge in [0.15, 0.2) is 11.5 Å². The van der Waals surface area contributed by atoms with Crippen molar-refractivity contribution >= 4 is 0 Å². The van der Waals surface area contributed by atoms with Crippen LogP contribution in [0.3, 0.4) is 0 Å². The first-order valence-electron chi connectivity index (χ1n) is 5.79. The van der Waals surface area contributed by atoms with E-state index in [-0.39, 0.29) is 12.7 Å². The molecular formula is C13H20FNO2. The Hall–Kier alpha value is -1.29. The van der Waals surface area contributed by atoms with Crippen molar-refractivity contribution in [1.82, 2.24) is 0 Å². The molecule has 0 fully saturated rings. The van der Waals surface area contributed by atoms with Gasteiger partial charge in [0.25, 0.3) is 0 Å². The Morgan fingerprint density at radius 2 is 2.18 bits per heavy atom. The van der Waals surface area contributed by atoms with E-state index in [1.54, 1.807) is 7.11 Å². The molecule has 1 unspecified atom stereocenters. The highest BCUT2D eigenvalue weighted by molar-refractivity contribution is 5.47. The van der Waals surface area contributed by atoms with Crippen LogP contribution in [-0.2, 0) is 6.42 Å². The molecule has 0 heterocycles. The summed E-state index contributed by atoms with van der Waals surface area (Å²) in [5, 5.41) is 0. The first kappa shape index (κ1) is 13.8. The van der Waals surface area contributed by atoms with E-state index >= 15 is 0 Å². The molecule has 0 aliphatic rings. The summed E-state index contributed by atoms with van der Waals surface area (Å²) in [5.41, 5.74) is 6.78. The molecule has 4 heteroatoms. The highest BCUT2D eigenvalue weighted by atomic mass is 19.1. The van der Waals surface area contributed by atoms with Crippen molar-refractivity contribution in [3.8, 4) is 11.5 Å². The number of hydrogen-bond donors (Lipinski definition) is 1. The average molecular weight is 241 g/mol. The summed E-state index contributed by atoms with van der Waals surface area (Å²) in [6, 6.07) is 5.73. The molecule has 3 nitrogen and oxygen atoms in total. The molecule has 96 valence electrons. The molecule has 1 atom stereocenters. The maximum Gasteiger partial charge on any atom is 0.164 e.